The second kappa shape index (κ2) is 5.18. The van der Waals surface area contributed by atoms with Gasteiger partial charge in [-0.25, -0.2) is 4.98 Å². The highest BCUT2D eigenvalue weighted by Gasteiger charge is 2.16. The van der Waals surface area contributed by atoms with E-state index in [9.17, 15) is 4.79 Å². The van der Waals surface area contributed by atoms with E-state index in [1.54, 1.807) is 6.92 Å². The quantitative estimate of drug-likeness (QED) is 0.892. The molecule has 0 saturated carbocycles. The van der Waals surface area contributed by atoms with Crippen LogP contribution in [-0.4, -0.2) is 10.9 Å². The molecule has 1 heterocycles. The van der Waals surface area contributed by atoms with Crippen molar-refractivity contribution in [2.24, 2.45) is 0 Å². The average molecular weight is 261 g/mol. The second-order valence-corrected chi connectivity index (χ2v) is 5.10. The Balaban J connectivity index is 2.10. The van der Waals surface area contributed by atoms with E-state index in [-0.39, 0.29) is 11.9 Å². The molecular weight excluding hydrogens is 246 g/mol. The van der Waals surface area contributed by atoms with Gasteiger partial charge in [-0.05, 0) is 19.4 Å². The summed E-state index contributed by atoms with van der Waals surface area (Å²) in [7, 11) is 0. The monoisotopic (exact) mass is 261 g/mol. The van der Waals surface area contributed by atoms with Crippen LogP contribution in [0, 0.1) is 6.92 Å². The fourth-order valence-corrected chi connectivity index (χ4v) is 2.45. The summed E-state index contributed by atoms with van der Waals surface area (Å²) >= 11 is 1.21. The van der Waals surface area contributed by atoms with Gasteiger partial charge in [-0.2, -0.15) is 0 Å². The third-order valence-electron chi connectivity index (χ3n) is 2.67. The van der Waals surface area contributed by atoms with Gasteiger partial charge in [0.25, 0.3) is 5.91 Å². The number of aromatic nitrogens is 1. The summed E-state index contributed by atoms with van der Waals surface area (Å²) in [6, 6.07) is 9.78. The zero-order chi connectivity index (χ0) is 13.1. The van der Waals surface area contributed by atoms with Gasteiger partial charge in [-0.1, -0.05) is 41.7 Å². The number of carbonyl (C=O) groups is 1. The van der Waals surface area contributed by atoms with Crippen molar-refractivity contribution >= 4 is 22.4 Å². The molecule has 0 spiro atoms. The number of aryl methyl sites for hydroxylation is 1. The number of nitrogens with two attached hydrogens (primary N) is 1. The Morgan fingerprint density at radius 1 is 1.39 bits per heavy atom. The first-order chi connectivity index (χ1) is 8.58. The van der Waals surface area contributed by atoms with E-state index in [2.05, 4.69) is 10.3 Å². The van der Waals surface area contributed by atoms with Crippen molar-refractivity contribution in [3.8, 4) is 0 Å². The lowest BCUT2D eigenvalue weighted by molar-refractivity contribution is 0.0943. The van der Waals surface area contributed by atoms with Crippen molar-refractivity contribution < 1.29 is 4.79 Å². The van der Waals surface area contributed by atoms with E-state index < -0.39 is 0 Å². The molecule has 4 nitrogen and oxygen atoms in total. The van der Waals surface area contributed by atoms with Gasteiger partial charge < -0.3 is 11.1 Å². The van der Waals surface area contributed by atoms with Crippen LogP contribution in [0.25, 0.3) is 0 Å². The molecule has 0 fully saturated rings. The standard InChI is InChI=1S/C13H15N3OS/c1-8(10-6-4-3-5-7-10)15-12(17)11-9(2)16-13(14)18-11/h3-8H,1-2H3,(H2,14,16)(H,15,17)/t8-/m1/s1. The fraction of sp³-hybridized carbons (Fsp3) is 0.231. The first-order valence-electron chi connectivity index (χ1n) is 5.66. The molecule has 0 aliphatic rings. The highest BCUT2D eigenvalue weighted by molar-refractivity contribution is 7.17. The van der Waals surface area contributed by atoms with Gasteiger partial charge in [0.2, 0.25) is 0 Å². The number of hydrogen-bond acceptors (Lipinski definition) is 4. The minimum Gasteiger partial charge on any atom is -0.375 e. The van der Waals surface area contributed by atoms with E-state index in [1.807, 2.05) is 37.3 Å². The average Bonchev–Trinajstić information content (AvgIpc) is 2.69. The molecule has 5 heteroatoms. The maximum absolute atomic E-state index is 12.1. The smallest absolute Gasteiger partial charge is 0.263 e. The molecule has 0 aliphatic carbocycles. The number of carbonyl (C=O) groups excluding carboxylic acids is 1. The Morgan fingerprint density at radius 2 is 2.06 bits per heavy atom. The molecule has 0 bridgehead atoms. The normalized spacial score (nSPS) is 12.1. The van der Waals surface area contributed by atoms with Crippen molar-refractivity contribution in [2.75, 3.05) is 5.73 Å². The van der Waals surface area contributed by atoms with E-state index in [4.69, 9.17) is 5.73 Å². The van der Waals surface area contributed by atoms with Gasteiger partial charge in [-0.3, -0.25) is 4.79 Å². The molecule has 2 rings (SSSR count). The number of thiazole rings is 1. The van der Waals surface area contributed by atoms with Gasteiger partial charge in [0.15, 0.2) is 5.13 Å². The Bertz CT molecular complexity index is 551. The van der Waals surface area contributed by atoms with Gasteiger partial charge in [0.1, 0.15) is 4.88 Å². The van der Waals surface area contributed by atoms with Gasteiger partial charge in [0, 0.05) is 0 Å². The molecule has 0 saturated heterocycles. The van der Waals surface area contributed by atoms with Crippen LogP contribution in [0.1, 0.15) is 33.9 Å². The van der Waals surface area contributed by atoms with Crippen LogP contribution in [-0.2, 0) is 0 Å². The van der Waals surface area contributed by atoms with Crippen molar-refractivity contribution in [1.29, 1.82) is 0 Å². The summed E-state index contributed by atoms with van der Waals surface area (Å²) in [6.45, 7) is 3.74. The topological polar surface area (TPSA) is 68.0 Å². The number of benzene rings is 1. The van der Waals surface area contributed by atoms with Crippen molar-refractivity contribution in [3.63, 3.8) is 0 Å². The summed E-state index contributed by atoms with van der Waals surface area (Å²) in [5, 5.41) is 3.36. The maximum atomic E-state index is 12.1. The summed E-state index contributed by atoms with van der Waals surface area (Å²) in [5.41, 5.74) is 7.33. The van der Waals surface area contributed by atoms with Crippen LogP contribution in [0.2, 0.25) is 0 Å². The molecule has 0 unspecified atom stereocenters. The van der Waals surface area contributed by atoms with Gasteiger partial charge in [-0.15, -0.1) is 0 Å². The number of hydrogen-bond donors (Lipinski definition) is 2. The molecule has 1 aromatic heterocycles. The Hall–Kier alpha value is -1.88. The molecular formula is C13H15N3OS. The van der Waals surface area contributed by atoms with Crippen LogP contribution in [0.4, 0.5) is 5.13 Å². The maximum Gasteiger partial charge on any atom is 0.263 e. The number of anilines is 1. The number of nitrogens with zero attached hydrogens (tertiary/aromatic N) is 1. The zero-order valence-corrected chi connectivity index (χ0v) is 11.1. The number of nitrogens with one attached hydrogen (secondary N) is 1. The lowest BCUT2D eigenvalue weighted by Gasteiger charge is -2.13. The summed E-state index contributed by atoms with van der Waals surface area (Å²) in [5.74, 6) is -0.127. The molecule has 1 amide bonds. The van der Waals surface area contributed by atoms with Gasteiger partial charge in [0.05, 0.1) is 11.7 Å². The van der Waals surface area contributed by atoms with Crippen LogP contribution in [0.5, 0.6) is 0 Å². The van der Waals surface area contributed by atoms with Crippen LogP contribution >= 0.6 is 11.3 Å². The minimum atomic E-state index is -0.127. The third-order valence-corrected chi connectivity index (χ3v) is 3.65. The highest BCUT2D eigenvalue weighted by atomic mass is 32.1. The lowest BCUT2D eigenvalue weighted by atomic mass is 10.1. The van der Waals surface area contributed by atoms with Crippen LogP contribution in [0.3, 0.4) is 0 Å². The Labute approximate surface area is 110 Å². The van der Waals surface area contributed by atoms with E-state index >= 15 is 0 Å². The Morgan fingerprint density at radius 3 is 2.61 bits per heavy atom. The van der Waals surface area contributed by atoms with E-state index in [1.165, 1.54) is 11.3 Å². The number of rotatable bonds is 3. The largest absolute Gasteiger partial charge is 0.375 e. The van der Waals surface area contributed by atoms with Gasteiger partial charge >= 0.3 is 0 Å². The minimum absolute atomic E-state index is 0.0403. The predicted octanol–water partition coefficient (Wildman–Crippen LogP) is 2.52. The first kappa shape index (κ1) is 12.6. The number of amides is 1. The molecule has 94 valence electrons. The van der Waals surface area contributed by atoms with Crippen LogP contribution in [0.15, 0.2) is 30.3 Å². The van der Waals surface area contributed by atoms with Crippen molar-refractivity contribution in [2.45, 2.75) is 19.9 Å². The molecule has 18 heavy (non-hydrogen) atoms. The molecule has 2 aromatic rings. The molecule has 3 N–H and O–H groups in total. The van der Waals surface area contributed by atoms with E-state index in [0.717, 1.165) is 5.56 Å². The Kier molecular flexibility index (Phi) is 3.62. The summed E-state index contributed by atoms with van der Waals surface area (Å²) in [6.07, 6.45) is 0. The zero-order valence-electron chi connectivity index (χ0n) is 10.3. The second-order valence-electron chi connectivity index (χ2n) is 4.07. The molecule has 1 atom stereocenters. The fourth-order valence-electron chi connectivity index (χ4n) is 1.72. The number of nitrogen functional groups attached to an aromatic ring is 1. The summed E-state index contributed by atoms with van der Waals surface area (Å²) < 4.78 is 0. The van der Waals surface area contributed by atoms with Crippen molar-refractivity contribution in [1.82, 2.24) is 10.3 Å². The molecule has 1 aromatic carbocycles. The first-order valence-corrected chi connectivity index (χ1v) is 6.48. The highest BCUT2D eigenvalue weighted by Crippen LogP contribution is 2.21. The SMILES string of the molecule is Cc1nc(N)sc1C(=O)N[C@H](C)c1ccccc1. The van der Waals surface area contributed by atoms with Crippen LogP contribution < -0.4 is 11.1 Å². The third kappa shape index (κ3) is 2.68. The summed E-state index contributed by atoms with van der Waals surface area (Å²) in [4.78, 5) is 16.7. The lowest BCUT2D eigenvalue weighted by Crippen LogP contribution is -2.26. The predicted molar refractivity (Wildman–Crippen MR) is 73.6 cm³/mol. The van der Waals surface area contributed by atoms with Crippen molar-refractivity contribution in [3.05, 3.63) is 46.5 Å². The molecule has 0 radical (unpaired) electrons. The van der Waals surface area contributed by atoms with E-state index in [0.29, 0.717) is 15.7 Å². The molecule has 0 aliphatic heterocycles.